The number of aryl methyl sites for hydroxylation is 1. The highest BCUT2D eigenvalue weighted by Gasteiger charge is 2.08. The second-order valence-corrected chi connectivity index (χ2v) is 6.78. The first-order valence-electron chi connectivity index (χ1n) is 6.67. The van der Waals surface area contributed by atoms with Gasteiger partial charge in [-0.2, -0.15) is 0 Å². The minimum atomic E-state index is -0.168. The number of nitrogens with zero attached hydrogens (tertiary/aromatic N) is 1. The average Bonchev–Trinajstić information content (AvgIpc) is 3.10. The maximum Gasteiger partial charge on any atom is 0.127 e. The quantitative estimate of drug-likeness (QED) is 0.743. The maximum absolute atomic E-state index is 13.5. The van der Waals surface area contributed by atoms with Crippen molar-refractivity contribution >= 4 is 22.7 Å². The number of nitrogens with one attached hydrogen (secondary N) is 1. The first kappa shape index (κ1) is 14.4. The Balaban J connectivity index is 1.61. The van der Waals surface area contributed by atoms with E-state index in [1.165, 1.54) is 21.4 Å². The SMILES string of the molecule is Cc1ccsc1-c1cnc(CNCc2ccccc2F)s1. The van der Waals surface area contributed by atoms with Gasteiger partial charge in [0.2, 0.25) is 0 Å². The van der Waals surface area contributed by atoms with Crippen LogP contribution in [0.1, 0.15) is 16.1 Å². The summed E-state index contributed by atoms with van der Waals surface area (Å²) < 4.78 is 13.5. The summed E-state index contributed by atoms with van der Waals surface area (Å²) in [6, 6.07) is 8.95. The molecule has 0 aliphatic heterocycles. The summed E-state index contributed by atoms with van der Waals surface area (Å²) in [4.78, 5) is 6.92. The van der Waals surface area contributed by atoms with Crippen LogP contribution >= 0.6 is 22.7 Å². The monoisotopic (exact) mass is 318 g/mol. The Hall–Kier alpha value is -1.56. The predicted octanol–water partition coefficient (Wildman–Crippen LogP) is 4.61. The molecular weight excluding hydrogens is 303 g/mol. The fourth-order valence-electron chi connectivity index (χ4n) is 2.07. The molecule has 3 aromatic rings. The summed E-state index contributed by atoms with van der Waals surface area (Å²) in [5.41, 5.74) is 1.97. The molecular formula is C16H15FN2S2. The van der Waals surface area contributed by atoms with Crippen LogP contribution in [0.15, 0.2) is 41.9 Å². The Morgan fingerprint density at radius 3 is 2.81 bits per heavy atom. The molecule has 2 aromatic heterocycles. The second kappa shape index (κ2) is 6.47. The molecule has 21 heavy (non-hydrogen) atoms. The molecule has 0 aliphatic carbocycles. The molecule has 0 bridgehead atoms. The van der Waals surface area contributed by atoms with E-state index in [0.29, 0.717) is 18.7 Å². The Labute approximate surface area is 131 Å². The van der Waals surface area contributed by atoms with E-state index in [4.69, 9.17) is 0 Å². The molecule has 2 heterocycles. The average molecular weight is 318 g/mol. The van der Waals surface area contributed by atoms with Crippen molar-refractivity contribution in [2.75, 3.05) is 0 Å². The molecule has 1 aromatic carbocycles. The maximum atomic E-state index is 13.5. The Kier molecular flexibility index (Phi) is 4.43. The van der Waals surface area contributed by atoms with E-state index < -0.39 is 0 Å². The lowest BCUT2D eigenvalue weighted by Crippen LogP contribution is -2.13. The van der Waals surface area contributed by atoms with Crippen molar-refractivity contribution in [3.63, 3.8) is 0 Å². The summed E-state index contributed by atoms with van der Waals surface area (Å²) in [6.45, 7) is 3.28. The fourth-order valence-corrected chi connectivity index (χ4v) is 4.06. The third-order valence-corrected chi connectivity index (χ3v) is 5.38. The van der Waals surface area contributed by atoms with Gasteiger partial charge in [0, 0.05) is 29.7 Å². The fraction of sp³-hybridized carbons (Fsp3) is 0.188. The number of hydrogen-bond acceptors (Lipinski definition) is 4. The molecule has 3 rings (SSSR count). The molecule has 0 saturated carbocycles. The van der Waals surface area contributed by atoms with Crippen LogP contribution in [0.4, 0.5) is 4.39 Å². The predicted molar refractivity (Wildman–Crippen MR) is 87.1 cm³/mol. The molecule has 0 atom stereocenters. The molecule has 0 fully saturated rings. The van der Waals surface area contributed by atoms with E-state index in [2.05, 4.69) is 28.7 Å². The van der Waals surface area contributed by atoms with Crippen LogP contribution in [0.3, 0.4) is 0 Å². The summed E-state index contributed by atoms with van der Waals surface area (Å²) in [5, 5.41) is 6.36. The highest BCUT2D eigenvalue weighted by atomic mass is 32.1. The number of aromatic nitrogens is 1. The van der Waals surface area contributed by atoms with Crippen molar-refractivity contribution in [1.82, 2.24) is 10.3 Å². The Morgan fingerprint density at radius 2 is 2.05 bits per heavy atom. The van der Waals surface area contributed by atoms with Crippen LogP contribution in [-0.4, -0.2) is 4.98 Å². The number of rotatable bonds is 5. The molecule has 2 nitrogen and oxygen atoms in total. The minimum Gasteiger partial charge on any atom is -0.306 e. The number of halogens is 1. The van der Waals surface area contributed by atoms with Crippen LogP contribution in [0.5, 0.6) is 0 Å². The smallest absolute Gasteiger partial charge is 0.127 e. The number of benzene rings is 1. The van der Waals surface area contributed by atoms with Gasteiger partial charge in [0.25, 0.3) is 0 Å². The number of thiophene rings is 1. The summed E-state index contributed by atoms with van der Waals surface area (Å²) in [6.07, 6.45) is 1.92. The minimum absolute atomic E-state index is 0.168. The Bertz CT molecular complexity index is 733. The van der Waals surface area contributed by atoms with E-state index in [1.54, 1.807) is 34.8 Å². The normalized spacial score (nSPS) is 11.0. The van der Waals surface area contributed by atoms with Crippen LogP contribution in [-0.2, 0) is 13.1 Å². The van der Waals surface area contributed by atoms with Crippen molar-refractivity contribution in [3.8, 4) is 9.75 Å². The molecule has 108 valence electrons. The van der Waals surface area contributed by atoms with Gasteiger partial charge in [0.15, 0.2) is 0 Å². The van der Waals surface area contributed by atoms with Gasteiger partial charge in [0.05, 0.1) is 4.88 Å². The van der Waals surface area contributed by atoms with Crippen molar-refractivity contribution in [1.29, 1.82) is 0 Å². The highest BCUT2D eigenvalue weighted by Crippen LogP contribution is 2.33. The molecule has 1 N–H and O–H groups in total. The third-order valence-electron chi connectivity index (χ3n) is 3.19. The van der Waals surface area contributed by atoms with E-state index in [-0.39, 0.29) is 5.82 Å². The molecule has 5 heteroatoms. The van der Waals surface area contributed by atoms with Gasteiger partial charge in [-0.1, -0.05) is 18.2 Å². The first-order chi connectivity index (χ1) is 10.2. The topological polar surface area (TPSA) is 24.9 Å². The van der Waals surface area contributed by atoms with Gasteiger partial charge in [-0.3, -0.25) is 0 Å². The van der Waals surface area contributed by atoms with Crippen molar-refractivity contribution in [2.45, 2.75) is 20.0 Å². The van der Waals surface area contributed by atoms with Gasteiger partial charge in [-0.05, 0) is 30.0 Å². The molecule has 0 unspecified atom stereocenters. The van der Waals surface area contributed by atoms with Crippen molar-refractivity contribution in [3.05, 3.63) is 63.9 Å². The largest absolute Gasteiger partial charge is 0.306 e. The van der Waals surface area contributed by atoms with Crippen LogP contribution < -0.4 is 5.32 Å². The second-order valence-electron chi connectivity index (χ2n) is 4.75. The van der Waals surface area contributed by atoms with E-state index in [9.17, 15) is 4.39 Å². The summed E-state index contributed by atoms with van der Waals surface area (Å²) in [7, 11) is 0. The van der Waals surface area contributed by atoms with Crippen molar-refractivity contribution < 1.29 is 4.39 Å². The zero-order chi connectivity index (χ0) is 14.7. The Morgan fingerprint density at radius 1 is 1.19 bits per heavy atom. The van der Waals surface area contributed by atoms with Crippen LogP contribution in [0, 0.1) is 12.7 Å². The highest BCUT2D eigenvalue weighted by molar-refractivity contribution is 7.21. The zero-order valence-corrected chi connectivity index (χ0v) is 13.2. The van der Waals surface area contributed by atoms with Crippen molar-refractivity contribution in [2.24, 2.45) is 0 Å². The lowest BCUT2D eigenvalue weighted by Gasteiger charge is -2.03. The van der Waals surface area contributed by atoms with Gasteiger partial charge < -0.3 is 5.32 Å². The molecule has 0 saturated heterocycles. The zero-order valence-electron chi connectivity index (χ0n) is 11.6. The molecule has 0 amide bonds. The van der Waals surface area contributed by atoms with Crippen LogP contribution in [0.25, 0.3) is 9.75 Å². The van der Waals surface area contributed by atoms with Crippen LogP contribution in [0.2, 0.25) is 0 Å². The standard InChI is InChI=1S/C16H15FN2S2/c1-11-6-7-20-16(11)14-9-19-15(21-14)10-18-8-12-4-2-3-5-13(12)17/h2-7,9,18H,8,10H2,1H3. The lowest BCUT2D eigenvalue weighted by atomic mass is 10.2. The van der Waals surface area contributed by atoms with Gasteiger partial charge in [0.1, 0.15) is 10.8 Å². The lowest BCUT2D eigenvalue weighted by molar-refractivity contribution is 0.587. The molecule has 0 aliphatic rings. The summed E-state index contributed by atoms with van der Waals surface area (Å²) in [5.74, 6) is -0.168. The number of thiazole rings is 1. The van der Waals surface area contributed by atoms with E-state index in [0.717, 1.165) is 5.01 Å². The molecule has 0 radical (unpaired) electrons. The third kappa shape index (κ3) is 3.37. The van der Waals surface area contributed by atoms with E-state index in [1.807, 2.05) is 12.3 Å². The first-order valence-corrected chi connectivity index (χ1v) is 8.37. The van der Waals surface area contributed by atoms with Gasteiger partial charge in [-0.25, -0.2) is 9.37 Å². The van der Waals surface area contributed by atoms with Gasteiger partial charge in [-0.15, -0.1) is 22.7 Å². The summed E-state index contributed by atoms with van der Waals surface area (Å²) >= 11 is 3.43. The van der Waals surface area contributed by atoms with E-state index >= 15 is 0 Å². The van der Waals surface area contributed by atoms with Gasteiger partial charge >= 0.3 is 0 Å². The number of hydrogen-bond donors (Lipinski definition) is 1. The molecule has 0 spiro atoms.